The predicted molar refractivity (Wildman–Crippen MR) is 97.7 cm³/mol. The van der Waals surface area contributed by atoms with Crippen molar-refractivity contribution in [3.05, 3.63) is 48.9 Å². The Hall–Kier alpha value is -2.74. The van der Waals surface area contributed by atoms with Gasteiger partial charge in [0.25, 0.3) is 0 Å². The van der Waals surface area contributed by atoms with E-state index in [1.54, 1.807) is 12.3 Å². The number of nitrogens with zero attached hydrogens (tertiary/aromatic N) is 3. The summed E-state index contributed by atoms with van der Waals surface area (Å²) in [7, 11) is -2.93. The highest BCUT2D eigenvalue weighted by Crippen LogP contribution is 2.24. The molecule has 2 N–H and O–H groups in total. The summed E-state index contributed by atoms with van der Waals surface area (Å²) in [6, 6.07) is 11.5. The molecule has 1 fully saturated rings. The zero-order valence-electron chi connectivity index (χ0n) is 13.4. The molecule has 1 aromatic carbocycles. The van der Waals surface area contributed by atoms with Crippen LogP contribution in [0.4, 0.5) is 17.3 Å². The number of pyridine rings is 1. The maximum Gasteiger partial charge on any atom is 0.152 e. The van der Waals surface area contributed by atoms with E-state index < -0.39 is 9.84 Å². The molecule has 1 aliphatic rings. The van der Waals surface area contributed by atoms with Crippen LogP contribution >= 0.6 is 0 Å². The molecule has 3 aromatic rings. The Morgan fingerprint density at radius 3 is 2.72 bits per heavy atom. The van der Waals surface area contributed by atoms with Gasteiger partial charge in [0.05, 0.1) is 22.7 Å². The van der Waals surface area contributed by atoms with Crippen LogP contribution in [0.5, 0.6) is 0 Å². The van der Waals surface area contributed by atoms with Gasteiger partial charge in [-0.1, -0.05) is 18.2 Å². The smallest absolute Gasteiger partial charge is 0.152 e. The average molecular weight is 355 g/mol. The minimum absolute atomic E-state index is 0.105. The summed E-state index contributed by atoms with van der Waals surface area (Å²) in [4.78, 5) is 12.8. The maximum absolute atomic E-state index is 11.6. The van der Waals surface area contributed by atoms with E-state index in [0.717, 1.165) is 16.6 Å². The van der Waals surface area contributed by atoms with Crippen molar-refractivity contribution in [2.75, 3.05) is 22.1 Å². The molecule has 8 heteroatoms. The first kappa shape index (κ1) is 15.8. The average Bonchev–Trinajstić information content (AvgIpc) is 2.94. The summed E-state index contributed by atoms with van der Waals surface area (Å²) >= 11 is 0. The SMILES string of the molecule is O=S1(=O)CCC(Nc2cc(Nc3cccc4cccnc34)ncn2)C1. The van der Waals surface area contributed by atoms with Crippen LogP contribution in [0, 0.1) is 0 Å². The number of hydrogen-bond acceptors (Lipinski definition) is 7. The van der Waals surface area contributed by atoms with Crippen LogP contribution in [0.3, 0.4) is 0 Å². The van der Waals surface area contributed by atoms with Crippen molar-refractivity contribution in [2.45, 2.75) is 12.5 Å². The summed E-state index contributed by atoms with van der Waals surface area (Å²) in [6.45, 7) is 0. The lowest BCUT2D eigenvalue weighted by Gasteiger charge is -2.13. The maximum atomic E-state index is 11.6. The van der Waals surface area contributed by atoms with E-state index in [1.165, 1.54) is 6.33 Å². The molecule has 0 amide bonds. The van der Waals surface area contributed by atoms with Gasteiger partial charge in [0, 0.05) is 23.7 Å². The molecule has 0 radical (unpaired) electrons. The van der Waals surface area contributed by atoms with E-state index in [0.29, 0.717) is 18.1 Å². The van der Waals surface area contributed by atoms with Gasteiger partial charge in [-0.3, -0.25) is 4.98 Å². The molecule has 0 spiro atoms. The van der Waals surface area contributed by atoms with Crippen LogP contribution < -0.4 is 10.6 Å². The Morgan fingerprint density at radius 2 is 1.88 bits per heavy atom. The number of anilines is 3. The van der Waals surface area contributed by atoms with Crippen LogP contribution in [0.2, 0.25) is 0 Å². The minimum Gasteiger partial charge on any atom is -0.366 e. The number of aromatic nitrogens is 3. The van der Waals surface area contributed by atoms with Gasteiger partial charge >= 0.3 is 0 Å². The Labute approximate surface area is 145 Å². The molecule has 1 saturated heterocycles. The first-order chi connectivity index (χ1) is 12.1. The van der Waals surface area contributed by atoms with Gasteiger partial charge in [-0.15, -0.1) is 0 Å². The fourth-order valence-corrected chi connectivity index (χ4v) is 4.64. The molecule has 0 aliphatic carbocycles. The van der Waals surface area contributed by atoms with Gasteiger partial charge < -0.3 is 10.6 Å². The molecule has 4 rings (SSSR count). The molecule has 2 aromatic heterocycles. The van der Waals surface area contributed by atoms with Gasteiger partial charge in [0.2, 0.25) is 0 Å². The second kappa shape index (κ2) is 6.29. The largest absolute Gasteiger partial charge is 0.366 e. The summed E-state index contributed by atoms with van der Waals surface area (Å²) in [5.74, 6) is 1.60. The highest BCUT2D eigenvalue weighted by atomic mass is 32.2. The standard InChI is InChI=1S/C17H17N5O2S/c23-25(24)8-6-13(10-25)21-15-9-16(20-11-19-15)22-14-5-1-3-12-4-2-7-18-17(12)14/h1-5,7,9,11,13H,6,8,10H2,(H2,19,20,21,22). The third kappa shape index (κ3) is 3.53. The number of sulfone groups is 1. The van der Waals surface area contributed by atoms with E-state index in [4.69, 9.17) is 0 Å². The molecule has 7 nitrogen and oxygen atoms in total. The van der Waals surface area contributed by atoms with E-state index in [-0.39, 0.29) is 17.5 Å². The molecule has 0 bridgehead atoms. The molecule has 0 saturated carbocycles. The number of benzene rings is 1. The predicted octanol–water partition coefficient (Wildman–Crippen LogP) is 2.37. The highest BCUT2D eigenvalue weighted by Gasteiger charge is 2.27. The number of nitrogens with one attached hydrogen (secondary N) is 2. The summed E-state index contributed by atoms with van der Waals surface area (Å²) in [5.41, 5.74) is 1.71. The van der Waals surface area contributed by atoms with E-state index in [1.807, 2.05) is 30.3 Å². The Kier molecular flexibility index (Phi) is 3.96. The number of hydrogen-bond donors (Lipinski definition) is 2. The lowest BCUT2D eigenvalue weighted by atomic mass is 10.2. The lowest BCUT2D eigenvalue weighted by Crippen LogP contribution is -2.21. The molecule has 1 atom stereocenters. The second-order valence-electron chi connectivity index (χ2n) is 6.04. The van der Waals surface area contributed by atoms with Gasteiger partial charge in [0.1, 0.15) is 18.0 Å². The molecule has 1 aliphatic heterocycles. The van der Waals surface area contributed by atoms with Gasteiger partial charge in [-0.2, -0.15) is 0 Å². The number of fused-ring (bicyclic) bond motifs is 1. The number of para-hydroxylation sites is 1. The topological polar surface area (TPSA) is 96.9 Å². The number of rotatable bonds is 4. The van der Waals surface area contributed by atoms with Crippen LogP contribution in [-0.2, 0) is 9.84 Å². The van der Waals surface area contributed by atoms with Crippen LogP contribution in [0.15, 0.2) is 48.9 Å². The third-order valence-corrected chi connectivity index (χ3v) is 5.91. The molecule has 1 unspecified atom stereocenters. The van der Waals surface area contributed by atoms with Crippen molar-refractivity contribution < 1.29 is 8.42 Å². The van der Waals surface area contributed by atoms with E-state index >= 15 is 0 Å². The van der Waals surface area contributed by atoms with Gasteiger partial charge in [-0.05, 0) is 18.6 Å². The monoisotopic (exact) mass is 355 g/mol. The van der Waals surface area contributed by atoms with Crippen molar-refractivity contribution in [1.82, 2.24) is 15.0 Å². The lowest BCUT2D eigenvalue weighted by molar-refractivity contribution is 0.602. The molecule has 3 heterocycles. The fourth-order valence-electron chi connectivity index (χ4n) is 2.97. The van der Waals surface area contributed by atoms with E-state index in [2.05, 4.69) is 25.6 Å². The first-order valence-corrected chi connectivity index (χ1v) is 9.81. The molecular formula is C17H17N5O2S. The fraction of sp³-hybridized carbons (Fsp3) is 0.235. The normalized spacial score (nSPS) is 19.0. The summed E-state index contributed by atoms with van der Waals surface area (Å²) < 4.78 is 23.1. The zero-order chi connectivity index (χ0) is 17.3. The quantitative estimate of drug-likeness (QED) is 0.741. The summed E-state index contributed by atoms with van der Waals surface area (Å²) in [6.07, 6.45) is 3.80. The van der Waals surface area contributed by atoms with Crippen LogP contribution in [0.1, 0.15) is 6.42 Å². The van der Waals surface area contributed by atoms with Crippen LogP contribution in [-0.4, -0.2) is 40.9 Å². The van der Waals surface area contributed by atoms with E-state index in [9.17, 15) is 8.42 Å². The minimum atomic E-state index is -2.93. The zero-order valence-corrected chi connectivity index (χ0v) is 14.2. The van der Waals surface area contributed by atoms with Crippen molar-refractivity contribution in [3.8, 4) is 0 Å². The van der Waals surface area contributed by atoms with Crippen LogP contribution in [0.25, 0.3) is 10.9 Å². The third-order valence-electron chi connectivity index (χ3n) is 4.15. The van der Waals surface area contributed by atoms with Crippen molar-refractivity contribution in [2.24, 2.45) is 0 Å². The molecule has 25 heavy (non-hydrogen) atoms. The highest BCUT2D eigenvalue weighted by molar-refractivity contribution is 7.91. The van der Waals surface area contributed by atoms with Gasteiger partial charge in [0.15, 0.2) is 9.84 Å². The Morgan fingerprint density at radius 1 is 1.04 bits per heavy atom. The van der Waals surface area contributed by atoms with Crippen molar-refractivity contribution in [1.29, 1.82) is 0 Å². The molecular weight excluding hydrogens is 338 g/mol. The second-order valence-corrected chi connectivity index (χ2v) is 8.27. The summed E-state index contributed by atoms with van der Waals surface area (Å²) in [5, 5.41) is 7.47. The van der Waals surface area contributed by atoms with Gasteiger partial charge in [-0.25, -0.2) is 18.4 Å². The van der Waals surface area contributed by atoms with Crippen molar-refractivity contribution in [3.63, 3.8) is 0 Å². The van der Waals surface area contributed by atoms with Crippen molar-refractivity contribution >= 4 is 38.1 Å². The first-order valence-electron chi connectivity index (χ1n) is 7.99. The molecule has 128 valence electrons. The Bertz CT molecular complexity index is 1020. The Balaban J connectivity index is 1.55.